The number of halogens is 1. The van der Waals surface area contributed by atoms with Gasteiger partial charge in [0.15, 0.2) is 5.15 Å². The van der Waals surface area contributed by atoms with Gasteiger partial charge in [-0.3, -0.25) is 0 Å². The number of benzene rings is 2. The van der Waals surface area contributed by atoms with E-state index in [4.69, 9.17) is 21.8 Å². The molecule has 0 radical (unpaired) electrons. The number of aromatic nitrogens is 2. The zero-order chi connectivity index (χ0) is 16.9. The molecule has 3 nitrogen and oxygen atoms in total. The zero-order valence-electron chi connectivity index (χ0n) is 13.3. The van der Waals surface area contributed by atoms with Crippen LogP contribution in [0.3, 0.4) is 0 Å². The number of hydrogen-bond donors (Lipinski definition) is 0. The second-order valence-electron chi connectivity index (χ2n) is 6.42. The van der Waals surface area contributed by atoms with E-state index in [9.17, 15) is 0 Å². The van der Waals surface area contributed by atoms with Crippen LogP contribution in [0.2, 0.25) is 5.15 Å². The van der Waals surface area contributed by atoms with Crippen LogP contribution in [0.4, 0.5) is 0 Å². The van der Waals surface area contributed by atoms with Crippen molar-refractivity contribution in [2.24, 2.45) is 0 Å². The van der Waals surface area contributed by atoms with Crippen molar-refractivity contribution < 1.29 is 0 Å². The Bertz CT molecular complexity index is 1020. The molecular formula is C20H14ClN3. The van der Waals surface area contributed by atoms with Crippen LogP contribution in [0.1, 0.15) is 30.7 Å². The van der Waals surface area contributed by atoms with E-state index >= 15 is 0 Å². The molecular weight excluding hydrogens is 318 g/mol. The van der Waals surface area contributed by atoms with Gasteiger partial charge in [-0.25, -0.2) is 9.97 Å². The van der Waals surface area contributed by atoms with E-state index in [1.807, 2.05) is 24.3 Å². The van der Waals surface area contributed by atoms with Gasteiger partial charge < -0.3 is 0 Å². The summed E-state index contributed by atoms with van der Waals surface area (Å²) in [7, 11) is 0. The van der Waals surface area contributed by atoms with E-state index in [1.54, 1.807) is 12.1 Å². The standard InChI is InChI=1S/C20H14ClN3/c1-20(2)15-9-4-3-8-14(15)17-18(20)24-19(21)16(23-17)13-7-5-6-12(10-13)11-22/h3-10H,1-2H3. The number of nitriles is 1. The Kier molecular flexibility index (Phi) is 3.19. The highest BCUT2D eigenvalue weighted by molar-refractivity contribution is 6.31. The van der Waals surface area contributed by atoms with Gasteiger partial charge in [0.2, 0.25) is 0 Å². The van der Waals surface area contributed by atoms with Crippen molar-refractivity contribution in [2.75, 3.05) is 0 Å². The summed E-state index contributed by atoms with van der Waals surface area (Å²) in [6.45, 7) is 4.28. The molecule has 0 aliphatic heterocycles. The summed E-state index contributed by atoms with van der Waals surface area (Å²) in [6, 6.07) is 17.6. The highest BCUT2D eigenvalue weighted by Gasteiger charge is 2.38. The smallest absolute Gasteiger partial charge is 0.155 e. The first-order valence-electron chi connectivity index (χ1n) is 7.71. The number of nitrogens with zero attached hydrogens (tertiary/aromatic N) is 3. The van der Waals surface area contributed by atoms with Gasteiger partial charge >= 0.3 is 0 Å². The summed E-state index contributed by atoms with van der Waals surface area (Å²) >= 11 is 6.45. The summed E-state index contributed by atoms with van der Waals surface area (Å²) in [5, 5.41) is 9.48. The van der Waals surface area contributed by atoms with Crippen molar-refractivity contribution in [3.63, 3.8) is 0 Å². The molecule has 1 heterocycles. The molecule has 3 aromatic rings. The minimum atomic E-state index is -0.227. The van der Waals surface area contributed by atoms with E-state index in [2.05, 4.69) is 37.0 Å². The van der Waals surface area contributed by atoms with Crippen molar-refractivity contribution in [1.82, 2.24) is 9.97 Å². The molecule has 0 atom stereocenters. The average Bonchev–Trinajstić information content (AvgIpc) is 2.82. The van der Waals surface area contributed by atoms with E-state index < -0.39 is 0 Å². The third-order valence-electron chi connectivity index (χ3n) is 4.57. The SMILES string of the molecule is CC1(C)c2ccccc2-c2nc(-c3cccc(C#N)c3)c(Cl)nc21. The first-order chi connectivity index (χ1) is 11.5. The van der Waals surface area contributed by atoms with Crippen LogP contribution in [-0.2, 0) is 5.41 Å². The summed E-state index contributed by atoms with van der Waals surface area (Å²) in [5.74, 6) is 0. The predicted molar refractivity (Wildman–Crippen MR) is 94.8 cm³/mol. The van der Waals surface area contributed by atoms with Crippen LogP contribution >= 0.6 is 11.6 Å². The number of rotatable bonds is 1. The van der Waals surface area contributed by atoms with Crippen molar-refractivity contribution in [2.45, 2.75) is 19.3 Å². The van der Waals surface area contributed by atoms with E-state index in [0.717, 1.165) is 22.5 Å². The minimum absolute atomic E-state index is 0.227. The van der Waals surface area contributed by atoms with E-state index in [1.165, 1.54) is 5.56 Å². The van der Waals surface area contributed by atoms with Gasteiger partial charge in [-0.1, -0.05) is 61.8 Å². The molecule has 0 saturated carbocycles. The first-order valence-corrected chi connectivity index (χ1v) is 8.08. The van der Waals surface area contributed by atoms with E-state index in [-0.39, 0.29) is 5.41 Å². The van der Waals surface area contributed by atoms with Crippen LogP contribution in [0.5, 0.6) is 0 Å². The fourth-order valence-corrected chi connectivity index (χ4v) is 3.56. The largest absolute Gasteiger partial charge is 0.243 e. The molecule has 116 valence electrons. The van der Waals surface area contributed by atoms with Gasteiger partial charge in [0.1, 0.15) is 5.69 Å². The molecule has 0 unspecified atom stereocenters. The van der Waals surface area contributed by atoms with Gasteiger partial charge in [-0.15, -0.1) is 0 Å². The predicted octanol–water partition coefficient (Wildman–Crippen LogP) is 4.97. The normalized spacial score (nSPS) is 13.9. The fraction of sp³-hybridized carbons (Fsp3) is 0.150. The lowest BCUT2D eigenvalue weighted by Gasteiger charge is -2.20. The van der Waals surface area contributed by atoms with Crippen LogP contribution in [0.25, 0.3) is 22.5 Å². The second kappa shape index (κ2) is 5.15. The highest BCUT2D eigenvalue weighted by atomic mass is 35.5. The molecule has 4 rings (SSSR count). The van der Waals surface area contributed by atoms with Crippen molar-refractivity contribution in [3.05, 3.63) is 70.5 Å². The summed E-state index contributed by atoms with van der Waals surface area (Å²) in [4.78, 5) is 9.50. The monoisotopic (exact) mass is 331 g/mol. The van der Waals surface area contributed by atoms with Gasteiger partial charge in [-0.2, -0.15) is 5.26 Å². The highest BCUT2D eigenvalue weighted by Crippen LogP contribution is 2.47. The van der Waals surface area contributed by atoms with Crippen molar-refractivity contribution in [3.8, 4) is 28.6 Å². The van der Waals surface area contributed by atoms with Crippen LogP contribution in [-0.4, -0.2) is 9.97 Å². The Labute approximate surface area is 145 Å². The molecule has 1 aliphatic rings. The molecule has 24 heavy (non-hydrogen) atoms. The molecule has 0 N–H and O–H groups in total. The Balaban J connectivity index is 1.98. The molecule has 4 heteroatoms. The molecule has 1 aromatic heterocycles. The molecule has 0 bridgehead atoms. The Morgan fingerprint density at radius 3 is 2.58 bits per heavy atom. The zero-order valence-corrected chi connectivity index (χ0v) is 14.1. The Morgan fingerprint density at radius 2 is 1.79 bits per heavy atom. The maximum Gasteiger partial charge on any atom is 0.155 e. The topological polar surface area (TPSA) is 49.6 Å². The van der Waals surface area contributed by atoms with Crippen LogP contribution in [0.15, 0.2) is 48.5 Å². The molecule has 0 amide bonds. The van der Waals surface area contributed by atoms with Gasteiger partial charge in [0, 0.05) is 16.5 Å². The summed E-state index contributed by atoms with van der Waals surface area (Å²) in [6.07, 6.45) is 0. The fourth-order valence-electron chi connectivity index (χ4n) is 3.32. The summed E-state index contributed by atoms with van der Waals surface area (Å²) < 4.78 is 0. The third-order valence-corrected chi connectivity index (χ3v) is 4.83. The first kappa shape index (κ1) is 14.9. The van der Waals surface area contributed by atoms with Crippen LogP contribution < -0.4 is 0 Å². The number of fused-ring (bicyclic) bond motifs is 3. The third kappa shape index (κ3) is 2.04. The van der Waals surface area contributed by atoms with Gasteiger partial charge in [-0.05, 0) is 17.7 Å². The van der Waals surface area contributed by atoms with E-state index in [0.29, 0.717) is 16.4 Å². The molecule has 2 aromatic carbocycles. The van der Waals surface area contributed by atoms with Gasteiger partial charge in [0.05, 0.1) is 23.0 Å². The lowest BCUT2D eigenvalue weighted by atomic mass is 9.85. The maximum absolute atomic E-state index is 9.11. The lowest BCUT2D eigenvalue weighted by Crippen LogP contribution is -2.17. The average molecular weight is 332 g/mol. The molecule has 0 spiro atoms. The van der Waals surface area contributed by atoms with Crippen molar-refractivity contribution in [1.29, 1.82) is 5.26 Å². The van der Waals surface area contributed by atoms with Gasteiger partial charge in [0.25, 0.3) is 0 Å². The van der Waals surface area contributed by atoms with Crippen molar-refractivity contribution >= 4 is 11.6 Å². The Hall–Kier alpha value is -2.70. The minimum Gasteiger partial charge on any atom is -0.243 e. The maximum atomic E-state index is 9.11. The van der Waals surface area contributed by atoms with Crippen LogP contribution in [0, 0.1) is 11.3 Å². The molecule has 0 saturated heterocycles. The summed E-state index contributed by atoms with van der Waals surface area (Å²) in [5.41, 5.74) is 5.84. The Morgan fingerprint density at radius 1 is 1.00 bits per heavy atom. The molecule has 0 fully saturated rings. The quantitative estimate of drug-likeness (QED) is 0.632. The number of hydrogen-bond acceptors (Lipinski definition) is 3. The second-order valence-corrected chi connectivity index (χ2v) is 6.78. The molecule has 1 aliphatic carbocycles. The lowest BCUT2D eigenvalue weighted by molar-refractivity contribution is 0.635.